The summed E-state index contributed by atoms with van der Waals surface area (Å²) in [6.45, 7) is 16.7. The van der Waals surface area contributed by atoms with Crippen LogP contribution in [-0.2, 0) is 6.54 Å². The zero-order valence-corrected chi connectivity index (χ0v) is 22.5. The average Bonchev–Trinajstić information content (AvgIpc) is 3.31. The van der Waals surface area contributed by atoms with Crippen LogP contribution in [0.1, 0.15) is 56.9 Å². The van der Waals surface area contributed by atoms with Gasteiger partial charge in [-0.1, -0.05) is 6.92 Å². The monoisotopic (exact) mass is 546 g/mol. The van der Waals surface area contributed by atoms with Crippen LogP contribution in [0.3, 0.4) is 0 Å². The number of likely N-dealkylation sites (N-methyl/N-ethyl adjacent to an activating group) is 2. The molecule has 2 aliphatic rings. The van der Waals surface area contributed by atoms with Gasteiger partial charge in [0, 0.05) is 32.7 Å². The van der Waals surface area contributed by atoms with Crippen molar-refractivity contribution in [1.29, 1.82) is 0 Å². The highest BCUT2D eigenvalue weighted by Crippen LogP contribution is 2.21. The van der Waals surface area contributed by atoms with E-state index in [1.165, 1.54) is 32.2 Å². The summed E-state index contributed by atoms with van der Waals surface area (Å²) < 4.78 is 5.75. The molecular formula is C23H43IN6O. The molecule has 2 saturated heterocycles. The van der Waals surface area contributed by atoms with Crippen LogP contribution in [-0.4, -0.2) is 84.5 Å². The molecular weight excluding hydrogens is 503 g/mol. The molecule has 2 fully saturated rings. The third-order valence-electron chi connectivity index (χ3n) is 6.72. The van der Waals surface area contributed by atoms with Crippen LogP contribution in [0.2, 0.25) is 0 Å². The lowest BCUT2D eigenvalue weighted by Crippen LogP contribution is -2.46. The van der Waals surface area contributed by atoms with Crippen molar-refractivity contribution < 1.29 is 4.42 Å². The van der Waals surface area contributed by atoms with Gasteiger partial charge in [-0.05, 0) is 78.6 Å². The van der Waals surface area contributed by atoms with E-state index < -0.39 is 0 Å². The third kappa shape index (κ3) is 7.60. The van der Waals surface area contributed by atoms with Crippen molar-refractivity contribution in [1.82, 2.24) is 25.0 Å². The molecule has 1 aromatic heterocycles. The Morgan fingerprint density at radius 1 is 1.19 bits per heavy atom. The van der Waals surface area contributed by atoms with Gasteiger partial charge >= 0.3 is 0 Å². The average molecular weight is 547 g/mol. The summed E-state index contributed by atoms with van der Waals surface area (Å²) in [6, 6.07) is 0.662. The Morgan fingerprint density at radius 2 is 1.94 bits per heavy atom. The van der Waals surface area contributed by atoms with Crippen LogP contribution in [0.5, 0.6) is 0 Å². The molecule has 1 atom stereocenters. The Bertz CT molecular complexity index is 666. The Balaban J connectivity index is 0.00000341. The largest absolute Gasteiger partial charge is 0.444 e. The molecule has 178 valence electrons. The molecule has 0 aromatic carbocycles. The molecule has 31 heavy (non-hydrogen) atoms. The Morgan fingerprint density at radius 3 is 2.55 bits per heavy atom. The second-order valence-corrected chi connectivity index (χ2v) is 8.97. The first-order valence-corrected chi connectivity index (χ1v) is 11.9. The number of likely N-dealkylation sites (tertiary alicyclic amines) is 2. The van der Waals surface area contributed by atoms with E-state index in [1.807, 2.05) is 13.8 Å². The zero-order valence-electron chi connectivity index (χ0n) is 20.2. The van der Waals surface area contributed by atoms with Gasteiger partial charge in [0.1, 0.15) is 5.76 Å². The Kier molecular flexibility index (Phi) is 11.1. The van der Waals surface area contributed by atoms with Gasteiger partial charge in [-0.25, -0.2) is 4.98 Å². The summed E-state index contributed by atoms with van der Waals surface area (Å²) in [7, 11) is 2.19. The van der Waals surface area contributed by atoms with Crippen LogP contribution in [0.4, 0.5) is 0 Å². The van der Waals surface area contributed by atoms with Crippen molar-refractivity contribution in [3.05, 3.63) is 17.3 Å². The molecule has 0 amide bonds. The number of aromatic nitrogens is 1. The minimum absolute atomic E-state index is 0. The molecule has 0 bridgehead atoms. The lowest BCUT2D eigenvalue weighted by atomic mass is 9.97. The predicted octanol–water partition coefficient (Wildman–Crippen LogP) is 3.50. The number of nitrogens with one attached hydrogen (secondary N) is 1. The second kappa shape index (κ2) is 13.0. The molecule has 1 aromatic rings. The Labute approximate surface area is 206 Å². The summed E-state index contributed by atoms with van der Waals surface area (Å²) in [5, 5.41) is 3.50. The number of nitrogens with zero attached hydrogens (tertiary/aromatic N) is 5. The summed E-state index contributed by atoms with van der Waals surface area (Å²) in [4.78, 5) is 16.9. The predicted molar refractivity (Wildman–Crippen MR) is 138 cm³/mol. The first-order chi connectivity index (χ1) is 14.5. The summed E-state index contributed by atoms with van der Waals surface area (Å²) >= 11 is 0. The molecule has 0 saturated carbocycles. The summed E-state index contributed by atoms with van der Waals surface area (Å²) in [5.41, 5.74) is 1.01. The number of halogens is 1. The molecule has 0 spiro atoms. The van der Waals surface area contributed by atoms with Gasteiger partial charge < -0.3 is 14.6 Å². The maximum absolute atomic E-state index is 5.75. The highest BCUT2D eigenvalue weighted by Gasteiger charge is 2.25. The van der Waals surface area contributed by atoms with E-state index in [2.05, 4.69) is 45.9 Å². The standard InChI is InChI=1S/C23H42N6O.HI/c1-6-24-23(27(5)16-21-9-8-12-29(21)7-2)25-15-20-10-13-28(14-11-20)17-22-26-18(3)19(4)30-22;/h20-21H,6-17H2,1-5H3,(H,24,25);1H. The van der Waals surface area contributed by atoms with Crippen LogP contribution >= 0.6 is 24.0 Å². The van der Waals surface area contributed by atoms with Gasteiger partial charge in [-0.2, -0.15) is 0 Å². The number of rotatable bonds is 8. The first kappa shape index (κ1) is 26.4. The lowest BCUT2D eigenvalue weighted by Gasteiger charge is -2.32. The van der Waals surface area contributed by atoms with Crippen LogP contribution in [0.15, 0.2) is 9.41 Å². The number of hydrogen-bond donors (Lipinski definition) is 1. The molecule has 1 N–H and O–H groups in total. The van der Waals surface area contributed by atoms with Crippen molar-refractivity contribution in [2.45, 2.75) is 66.0 Å². The van der Waals surface area contributed by atoms with Crippen molar-refractivity contribution in [2.24, 2.45) is 10.9 Å². The SMILES string of the molecule is CCNC(=NCC1CCN(Cc2nc(C)c(C)o2)CC1)N(C)CC1CCCN1CC.I. The first-order valence-electron chi connectivity index (χ1n) is 11.9. The van der Waals surface area contributed by atoms with E-state index in [4.69, 9.17) is 9.41 Å². The highest BCUT2D eigenvalue weighted by molar-refractivity contribution is 14.0. The minimum Gasteiger partial charge on any atom is -0.444 e. The molecule has 0 radical (unpaired) electrons. The fourth-order valence-corrected chi connectivity index (χ4v) is 4.73. The van der Waals surface area contributed by atoms with E-state index in [1.54, 1.807) is 0 Å². The second-order valence-electron chi connectivity index (χ2n) is 8.97. The van der Waals surface area contributed by atoms with Gasteiger partial charge in [0.15, 0.2) is 5.96 Å². The topological polar surface area (TPSA) is 60.1 Å². The maximum atomic E-state index is 5.75. The number of aryl methyl sites for hydroxylation is 2. The Hall–Kier alpha value is -0.870. The number of aliphatic imine (C=N–C) groups is 1. The van der Waals surface area contributed by atoms with Crippen LogP contribution in [0.25, 0.3) is 0 Å². The van der Waals surface area contributed by atoms with Crippen molar-refractivity contribution >= 4 is 29.9 Å². The zero-order chi connectivity index (χ0) is 21.5. The quantitative estimate of drug-likeness (QED) is 0.306. The van der Waals surface area contributed by atoms with Crippen molar-refractivity contribution in [2.75, 3.05) is 52.9 Å². The molecule has 3 heterocycles. The van der Waals surface area contributed by atoms with E-state index in [0.29, 0.717) is 12.0 Å². The third-order valence-corrected chi connectivity index (χ3v) is 6.72. The molecule has 3 rings (SSSR count). The van der Waals surface area contributed by atoms with E-state index >= 15 is 0 Å². The molecule has 8 heteroatoms. The van der Waals surface area contributed by atoms with Crippen molar-refractivity contribution in [3.8, 4) is 0 Å². The lowest BCUT2D eigenvalue weighted by molar-refractivity contribution is 0.166. The van der Waals surface area contributed by atoms with E-state index in [0.717, 1.165) is 69.1 Å². The van der Waals surface area contributed by atoms with Crippen LogP contribution < -0.4 is 5.32 Å². The summed E-state index contributed by atoms with van der Waals surface area (Å²) in [6.07, 6.45) is 5.01. The fourth-order valence-electron chi connectivity index (χ4n) is 4.73. The molecule has 7 nitrogen and oxygen atoms in total. The molecule has 1 unspecified atom stereocenters. The molecule has 2 aliphatic heterocycles. The number of guanidine groups is 1. The summed E-state index contributed by atoms with van der Waals surface area (Å²) in [5.74, 6) is 3.52. The van der Waals surface area contributed by atoms with Crippen LogP contribution in [0, 0.1) is 19.8 Å². The van der Waals surface area contributed by atoms with Gasteiger partial charge in [0.2, 0.25) is 5.89 Å². The van der Waals surface area contributed by atoms with Gasteiger partial charge in [-0.3, -0.25) is 14.8 Å². The van der Waals surface area contributed by atoms with E-state index in [-0.39, 0.29) is 24.0 Å². The molecule has 0 aliphatic carbocycles. The minimum atomic E-state index is 0. The van der Waals surface area contributed by atoms with Crippen molar-refractivity contribution in [3.63, 3.8) is 0 Å². The van der Waals surface area contributed by atoms with Gasteiger partial charge in [0.25, 0.3) is 0 Å². The van der Waals surface area contributed by atoms with Gasteiger partial charge in [0.05, 0.1) is 12.2 Å². The number of oxazole rings is 1. The van der Waals surface area contributed by atoms with E-state index in [9.17, 15) is 0 Å². The maximum Gasteiger partial charge on any atom is 0.208 e. The number of hydrogen-bond acceptors (Lipinski definition) is 5. The fraction of sp³-hybridized carbons (Fsp3) is 0.826. The highest BCUT2D eigenvalue weighted by atomic mass is 127. The number of piperidine rings is 1. The smallest absolute Gasteiger partial charge is 0.208 e. The normalized spacial score (nSPS) is 21.3. The van der Waals surface area contributed by atoms with Gasteiger partial charge in [-0.15, -0.1) is 24.0 Å².